The van der Waals surface area contributed by atoms with Crippen LogP contribution in [0.1, 0.15) is 62.5 Å². The fourth-order valence-corrected chi connectivity index (χ4v) is 8.11. The van der Waals surface area contributed by atoms with Crippen LogP contribution in [-0.2, 0) is 22.1 Å². The van der Waals surface area contributed by atoms with Crippen molar-refractivity contribution in [3.05, 3.63) is 35.4 Å². The number of alkyl halides is 4. The fraction of sp³-hybridized carbons (Fsp3) is 0.545. The normalized spacial score (nSPS) is 25.2. The maximum atomic E-state index is 17.0. The van der Waals surface area contributed by atoms with Gasteiger partial charge in [0.15, 0.2) is 5.82 Å². The highest BCUT2D eigenvalue weighted by molar-refractivity contribution is 5.99. The molecule has 48 heavy (non-hydrogen) atoms. The van der Waals surface area contributed by atoms with Gasteiger partial charge in [-0.2, -0.15) is 28.2 Å². The van der Waals surface area contributed by atoms with Gasteiger partial charge in [0.1, 0.15) is 35.9 Å². The number of piperidine rings is 1. The third-order valence-corrected chi connectivity index (χ3v) is 10.3. The predicted molar refractivity (Wildman–Crippen MR) is 165 cm³/mol. The van der Waals surface area contributed by atoms with Crippen LogP contribution in [0.4, 0.5) is 27.8 Å². The smallest absolute Gasteiger partial charge is 0.416 e. The Morgan fingerprint density at radius 3 is 2.77 bits per heavy atom. The van der Waals surface area contributed by atoms with E-state index in [1.54, 1.807) is 0 Å². The quantitative estimate of drug-likeness (QED) is 0.210. The molecule has 1 N–H and O–H groups in total. The Morgan fingerprint density at radius 1 is 1.06 bits per heavy atom. The largest absolute Gasteiger partial charge is 0.461 e. The summed E-state index contributed by atoms with van der Waals surface area (Å²) in [6.07, 6.45) is 0.263. The second-order valence-electron chi connectivity index (χ2n) is 13.4. The molecule has 5 aliphatic rings. The molecule has 0 saturated carbocycles. The molecule has 5 aliphatic heterocycles. The Balaban J connectivity index is 1.32. The molecule has 10 nitrogen and oxygen atoms in total. The van der Waals surface area contributed by atoms with E-state index in [9.17, 15) is 22.4 Å². The van der Waals surface area contributed by atoms with Crippen molar-refractivity contribution in [2.24, 2.45) is 0 Å². The number of benzene rings is 1. The zero-order valence-electron chi connectivity index (χ0n) is 26.1. The van der Waals surface area contributed by atoms with Gasteiger partial charge in [0.2, 0.25) is 0 Å². The summed E-state index contributed by atoms with van der Waals surface area (Å²) < 4.78 is 87.1. The lowest BCUT2D eigenvalue weighted by molar-refractivity contribution is -0.149. The number of rotatable bonds is 3. The summed E-state index contributed by atoms with van der Waals surface area (Å²) in [6.45, 7) is 2.01. The van der Waals surface area contributed by atoms with E-state index in [2.05, 4.69) is 25.1 Å². The van der Waals surface area contributed by atoms with Gasteiger partial charge >= 0.3 is 18.2 Å². The zero-order valence-corrected chi connectivity index (χ0v) is 26.1. The minimum absolute atomic E-state index is 0.0374. The number of esters is 1. The summed E-state index contributed by atoms with van der Waals surface area (Å²) in [5.74, 6) is -1.03. The van der Waals surface area contributed by atoms with Crippen molar-refractivity contribution in [3.8, 4) is 17.3 Å². The van der Waals surface area contributed by atoms with Crippen molar-refractivity contribution >= 4 is 33.6 Å². The van der Waals surface area contributed by atoms with Gasteiger partial charge in [0.25, 0.3) is 0 Å². The number of aromatic nitrogens is 5. The first-order valence-corrected chi connectivity index (χ1v) is 16.5. The molecule has 8 heterocycles. The van der Waals surface area contributed by atoms with Crippen molar-refractivity contribution in [1.82, 2.24) is 30.0 Å². The van der Waals surface area contributed by atoms with Gasteiger partial charge in [-0.15, -0.1) is 0 Å². The molecule has 15 heteroatoms. The number of carbonyl (C=O) groups is 1. The van der Waals surface area contributed by atoms with Crippen molar-refractivity contribution in [2.75, 3.05) is 37.7 Å². The Hall–Kier alpha value is -4.14. The molecule has 0 aliphatic carbocycles. The van der Waals surface area contributed by atoms with E-state index in [-0.39, 0.29) is 76.9 Å². The summed E-state index contributed by atoms with van der Waals surface area (Å²) in [5.41, 5.74) is -2.02. The minimum atomic E-state index is -4.76. The van der Waals surface area contributed by atoms with Crippen LogP contribution in [0.15, 0.2) is 18.5 Å². The van der Waals surface area contributed by atoms with Crippen LogP contribution >= 0.6 is 0 Å². The molecule has 6 bridgehead atoms. The molecule has 0 amide bonds. The number of H-pyrrole nitrogens is 1. The summed E-state index contributed by atoms with van der Waals surface area (Å²) in [4.78, 5) is 30.4. The van der Waals surface area contributed by atoms with Crippen LogP contribution in [0.3, 0.4) is 0 Å². The van der Waals surface area contributed by atoms with Gasteiger partial charge in [-0.1, -0.05) is 0 Å². The highest BCUT2D eigenvalue weighted by Gasteiger charge is 2.49. The van der Waals surface area contributed by atoms with E-state index in [4.69, 9.17) is 14.5 Å². The molecule has 3 saturated heterocycles. The molecule has 0 spiro atoms. The van der Waals surface area contributed by atoms with E-state index in [0.717, 1.165) is 25.5 Å². The van der Waals surface area contributed by atoms with Crippen LogP contribution < -0.4 is 9.64 Å². The molecule has 254 valence electrons. The minimum Gasteiger partial charge on any atom is -0.461 e. The summed E-state index contributed by atoms with van der Waals surface area (Å²) >= 11 is 0. The molecule has 3 fully saturated rings. The highest BCUT2D eigenvalue weighted by Crippen LogP contribution is 2.44. The lowest BCUT2D eigenvalue weighted by atomic mass is 9.90. The molecule has 9 rings (SSSR count). The second-order valence-corrected chi connectivity index (χ2v) is 13.4. The van der Waals surface area contributed by atoms with Gasteiger partial charge in [0, 0.05) is 43.1 Å². The predicted octanol–water partition coefficient (Wildman–Crippen LogP) is 5.92. The SMILES string of the molecule is O=C1CCCCc2c(C(F)(F)F)cc3[nH]ncc3c2-c2ncc3c(nc(OC[C@@]45CCCN4C[C@H](F)C5)nc3c2F)N2CCC[C@H](C2)O1. The van der Waals surface area contributed by atoms with Crippen molar-refractivity contribution in [2.45, 2.75) is 81.8 Å². The summed E-state index contributed by atoms with van der Waals surface area (Å²) in [7, 11) is 0. The third kappa shape index (κ3) is 5.39. The van der Waals surface area contributed by atoms with Gasteiger partial charge < -0.3 is 14.4 Å². The monoisotopic (exact) mass is 671 g/mol. The van der Waals surface area contributed by atoms with E-state index in [1.807, 2.05) is 4.90 Å². The number of aromatic amines is 1. The number of nitrogens with zero attached hydrogens (tertiary/aromatic N) is 6. The number of nitrogens with one attached hydrogen (secondary N) is 1. The lowest BCUT2D eigenvalue weighted by Crippen LogP contribution is -2.43. The number of hydrogen-bond acceptors (Lipinski definition) is 9. The number of fused-ring (bicyclic) bond motifs is 8. The Kier molecular flexibility index (Phi) is 7.64. The standard InChI is InChI=1S/C33H34F5N7O3/c34-18-12-32(8-4-10-45(32)15-18)17-47-31-41-28-22-13-39-29(27(28)35)26-20(23(33(36,37)38)11-24-21(26)14-40-43-24)6-1-2-7-25(46)48-19-5-3-9-44(16-19)30(22)42-31/h11,13-14,18-19H,1-10,12,15-17H2,(H,40,43)/t18-,19-,32+/m1/s1. The molecule has 4 aromatic rings. The number of ether oxygens (including phenoxy) is 2. The summed E-state index contributed by atoms with van der Waals surface area (Å²) in [5, 5.41) is 7.07. The van der Waals surface area contributed by atoms with E-state index >= 15 is 4.39 Å². The van der Waals surface area contributed by atoms with Crippen LogP contribution in [0.2, 0.25) is 0 Å². The molecular formula is C33H34F5N7O3. The molecule has 3 aromatic heterocycles. The average molecular weight is 672 g/mol. The van der Waals surface area contributed by atoms with Gasteiger partial charge in [-0.25, -0.2) is 8.78 Å². The van der Waals surface area contributed by atoms with Crippen LogP contribution in [0, 0.1) is 5.82 Å². The molecule has 0 unspecified atom stereocenters. The Bertz CT molecular complexity index is 1900. The molecule has 0 radical (unpaired) electrons. The average Bonchev–Trinajstić information content (AvgIpc) is 3.75. The summed E-state index contributed by atoms with van der Waals surface area (Å²) in [6, 6.07) is 0.847. The molecule has 1 aromatic carbocycles. The third-order valence-electron chi connectivity index (χ3n) is 10.3. The Morgan fingerprint density at radius 2 is 1.92 bits per heavy atom. The maximum absolute atomic E-state index is 17.0. The van der Waals surface area contributed by atoms with Gasteiger partial charge in [-0.3, -0.25) is 19.8 Å². The zero-order chi connectivity index (χ0) is 33.2. The first kappa shape index (κ1) is 31.1. The lowest BCUT2D eigenvalue weighted by Gasteiger charge is -2.34. The van der Waals surface area contributed by atoms with Gasteiger partial charge in [-0.05, 0) is 63.1 Å². The van der Waals surface area contributed by atoms with Crippen LogP contribution in [-0.4, -0.2) is 86.6 Å². The van der Waals surface area contributed by atoms with Crippen molar-refractivity contribution in [1.29, 1.82) is 0 Å². The highest BCUT2D eigenvalue weighted by atomic mass is 19.4. The second kappa shape index (κ2) is 11.8. The number of pyridine rings is 1. The number of halogens is 5. The fourth-order valence-electron chi connectivity index (χ4n) is 8.11. The van der Waals surface area contributed by atoms with Crippen LogP contribution in [0.5, 0.6) is 6.01 Å². The number of anilines is 1. The number of carbonyl (C=O) groups excluding carboxylic acids is 1. The topological polar surface area (TPSA) is 109 Å². The molecular weight excluding hydrogens is 637 g/mol. The van der Waals surface area contributed by atoms with Crippen molar-refractivity contribution in [3.63, 3.8) is 0 Å². The number of hydrogen-bond donors (Lipinski definition) is 1. The first-order valence-electron chi connectivity index (χ1n) is 16.5. The Labute approximate surface area is 272 Å². The first-order chi connectivity index (χ1) is 23.1. The van der Waals surface area contributed by atoms with E-state index < -0.39 is 41.3 Å². The van der Waals surface area contributed by atoms with E-state index in [0.29, 0.717) is 44.7 Å². The van der Waals surface area contributed by atoms with Crippen LogP contribution in [0.25, 0.3) is 33.1 Å². The van der Waals surface area contributed by atoms with Crippen molar-refractivity contribution < 1.29 is 36.2 Å². The van der Waals surface area contributed by atoms with Gasteiger partial charge in [0.05, 0.1) is 34.7 Å². The molecule has 3 atom stereocenters. The maximum Gasteiger partial charge on any atom is 0.416 e. The van der Waals surface area contributed by atoms with E-state index in [1.165, 1.54) is 12.4 Å².